The first-order valence-corrected chi connectivity index (χ1v) is 6.01. The SMILES string of the molecule is COc1ccc(Nc2c(Cl)cc(N)cc2Cl)cc1. The zero-order valence-electron chi connectivity index (χ0n) is 9.71. The average molecular weight is 283 g/mol. The van der Waals surface area contributed by atoms with Crippen LogP contribution in [0.5, 0.6) is 5.75 Å². The highest BCUT2D eigenvalue weighted by Gasteiger charge is 2.07. The molecule has 0 unspecified atom stereocenters. The molecule has 0 aliphatic carbocycles. The summed E-state index contributed by atoms with van der Waals surface area (Å²) in [6, 6.07) is 10.8. The number of nitrogen functional groups attached to an aromatic ring is 1. The predicted molar refractivity (Wildman–Crippen MR) is 77.2 cm³/mol. The van der Waals surface area contributed by atoms with Gasteiger partial charge in [-0.15, -0.1) is 0 Å². The summed E-state index contributed by atoms with van der Waals surface area (Å²) in [5, 5.41) is 4.11. The minimum atomic E-state index is 0.482. The summed E-state index contributed by atoms with van der Waals surface area (Å²) in [6.07, 6.45) is 0. The molecule has 0 radical (unpaired) electrons. The fourth-order valence-corrected chi connectivity index (χ4v) is 2.13. The molecule has 18 heavy (non-hydrogen) atoms. The molecule has 0 aromatic heterocycles. The van der Waals surface area contributed by atoms with E-state index in [-0.39, 0.29) is 0 Å². The zero-order valence-corrected chi connectivity index (χ0v) is 11.2. The summed E-state index contributed by atoms with van der Waals surface area (Å²) >= 11 is 12.2. The fourth-order valence-electron chi connectivity index (χ4n) is 1.53. The molecule has 3 nitrogen and oxygen atoms in total. The van der Waals surface area contributed by atoms with Crippen molar-refractivity contribution < 1.29 is 4.74 Å². The van der Waals surface area contributed by atoms with Crippen LogP contribution in [0.1, 0.15) is 0 Å². The average Bonchev–Trinajstić information content (AvgIpc) is 2.34. The van der Waals surface area contributed by atoms with E-state index < -0.39 is 0 Å². The molecule has 0 fully saturated rings. The highest BCUT2D eigenvalue weighted by molar-refractivity contribution is 6.39. The lowest BCUT2D eigenvalue weighted by Gasteiger charge is -2.11. The van der Waals surface area contributed by atoms with Gasteiger partial charge in [0, 0.05) is 11.4 Å². The van der Waals surface area contributed by atoms with Gasteiger partial charge in [0.1, 0.15) is 5.75 Å². The van der Waals surface area contributed by atoms with Gasteiger partial charge in [0.05, 0.1) is 22.8 Å². The summed E-state index contributed by atoms with van der Waals surface area (Å²) in [7, 11) is 1.62. The van der Waals surface area contributed by atoms with Crippen molar-refractivity contribution in [3.8, 4) is 5.75 Å². The lowest BCUT2D eigenvalue weighted by molar-refractivity contribution is 0.415. The van der Waals surface area contributed by atoms with Crippen molar-refractivity contribution in [3.63, 3.8) is 0 Å². The van der Waals surface area contributed by atoms with Crippen LogP contribution in [0.4, 0.5) is 17.1 Å². The molecule has 0 aliphatic rings. The molecule has 0 aliphatic heterocycles. The Bertz CT molecular complexity index is 532. The maximum atomic E-state index is 6.09. The first kappa shape index (κ1) is 12.9. The van der Waals surface area contributed by atoms with E-state index in [1.807, 2.05) is 24.3 Å². The number of nitrogens with two attached hydrogens (primary N) is 1. The van der Waals surface area contributed by atoms with Gasteiger partial charge in [0.15, 0.2) is 0 Å². The molecular weight excluding hydrogens is 271 g/mol. The molecule has 0 bridgehead atoms. The van der Waals surface area contributed by atoms with Gasteiger partial charge in [-0.3, -0.25) is 0 Å². The summed E-state index contributed by atoms with van der Waals surface area (Å²) in [4.78, 5) is 0. The van der Waals surface area contributed by atoms with Gasteiger partial charge in [0.2, 0.25) is 0 Å². The van der Waals surface area contributed by atoms with E-state index in [1.54, 1.807) is 19.2 Å². The highest BCUT2D eigenvalue weighted by atomic mass is 35.5. The van der Waals surface area contributed by atoms with Crippen molar-refractivity contribution >= 4 is 40.3 Å². The second-order valence-electron chi connectivity index (χ2n) is 3.71. The number of methoxy groups -OCH3 is 1. The minimum Gasteiger partial charge on any atom is -0.497 e. The molecule has 2 aromatic carbocycles. The van der Waals surface area contributed by atoms with Gasteiger partial charge >= 0.3 is 0 Å². The van der Waals surface area contributed by atoms with Crippen LogP contribution in [-0.4, -0.2) is 7.11 Å². The van der Waals surface area contributed by atoms with Crippen molar-refractivity contribution in [3.05, 3.63) is 46.4 Å². The standard InChI is InChI=1S/C13H12Cl2N2O/c1-18-10-4-2-9(3-5-10)17-13-11(14)6-8(16)7-12(13)15/h2-7,17H,16H2,1H3. The highest BCUT2D eigenvalue weighted by Crippen LogP contribution is 2.35. The lowest BCUT2D eigenvalue weighted by Crippen LogP contribution is -1.94. The number of hydrogen-bond donors (Lipinski definition) is 2. The quantitative estimate of drug-likeness (QED) is 0.824. The maximum absolute atomic E-state index is 6.09. The van der Waals surface area contributed by atoms with Crippen LogP contribution in [0.25, 0.3) is 0 Å². The van der Waals surface area contributed by atoms with E-state index >= 15 is 0 Å². The number of anilines is 3. The Balaban J connectivity index is 2.28. The molecule has 0 atom stereocenters. The number of ether oxygens (including phenoxy) is 1. The Morgan fingerprint density at radius 1 is 1.06 bits per heavy atom. The van der Waals surface area contributed by atoms with E-state index in [9.17, 15) is 0 Å². The number of benzene rings is 2. The van der Waals surface area contributed by atoms with Crippen LogP contribution < -0.4 is 15.8 Å². The molecule has 3 N–H and O–H groups in total. The third-order valence-corrected chi connectivity index (χ3v) is 3.02. The van der Waals surface area contributed by atoms with Gasteiger partial charge in [0.25, 0.3) is 0 Å². The monoisotopic (exact) mass is 282 g/mol. The van der Waals surface area contributed by atoms with Crippen molar-refractivity contribution in [2.45, 2.75) is 0 Å². The Morgan fingerprint density at radius 3 is 2.11 bits per heavy atom. The molecule has 94 valence electrons. The molecule has 0 amide bonds. The van der Waals surface area contributed by atoms with Gasteiger partial charge in [-0.2, -0.15) is 0 Å². The predicted octanol–water partition coefficient (Wildman–Crippen LogP) is 4.33. The van der Waals surface area contributed by atoms with E-state index in [1.165, 1.54) is 0 Å². The third-order valence-electron chi connectivity index (χ3n) is 2.42. The van der Waals surface area contributed by atoms with Crippen molar-refractivity contribution in [1.29, 1.82) is 0 Å². The minimum absolute atomic E-state index is 0.482. The van der Waals surface area contributed by atoms with E-state index in [0.29, 0.717) is 21.4 Å². The maximum Gasteiger partial charge on any atom is 0.119 e. The van der Waals surface area contributed by atoms with Gasteiger partial charge in [-0.1, -0.05) is 23.2 Å². The number of hydrogen-bond acceptors (Lipinski definition) is 3. The van der Waals surface area contributed by atoms with E-state index in [0.717, 1.165) is 11.4 Å². The topological polar surface area (TPSA) is 47.3 Å². The number of halogens is 2. The first-order chi connectivity index (χ1) is 8.60. The number of rotatable bonds is 3. The van der Waals surface area contributed by atoms with Gasteiger partial charge in [-0.25, -0.2) is 0 Å². The summed E-state index contributed by atoms with van der Waals surface area (Å²) in [5.41, 5.74) is 7.68. The van der Waals surface area contributed by atoms with Crippen LogP contribution in [-0.2, 0) is 0 Å². The van der Waals surface area contributed by atoms with Crippen molar-refractivity contribution in [2.75, 3.05) is 18.2 Å². The number of nitrogens with one attached hydrogen (secondary N) is 1. The van der Waals surface area contributed by atoms with Crippen molar-refractivity contribution in [2.24, 2.45) is 0 Å². The summed E-state index contributed by atoms with van der Waals surface area (Å²) < 4.78 is 5.09. The van der Waals surface area contributed by atoms with E-state index in [2.05, 4.69) is 5.32 Å². The molecule has 0 heterocycles. The molecule has 5 heteroatoms. The second kappa shape index (κ2) is 5.38. The third kappa shape index (κ3) is 2.81. The molecule has 0 saturated heterocycles. The van der Waals surface area contributed by atoms with Crippen LogP contribution in [0.2, 0.25) is 10.0 Å². The molecule has 2 rings (SSSR count). The van der Waals surface area contributed by atoms with Crippen LogP contribution in [0.3, 0.4) is 0 Å². The Kier molecular flexibility index (Phi) is 3.84. The Morgan fingerprint density at radius 2 is 1.61 bits per heavy atom. The van der Waals surface area contributed by atoms with Gasteiger partial charge < -0.3 is 15.8 Å². The normalized spacial score (nSPS) is 10.2. The van der Waals surface area contributed by atoms with Crippen molar-refractivity contribution in [1.82, 2.24) is 0 Å². The van der Waals surface area contributed by atoms with Gasteiger partial charge in [-0.05, 0) is 36.4 Å². The van der Waals surface area contributed by atoms with Crippen LogP contribution in [0.15, 0.2) is 36.4 Å². The smallest absolute Gasteiger partial charge is 0.119 e. The second-order valence-corrected chi connectivity index (χ2v) is 4.53. The summed E-state index contributed by atoms with van der Waals surface area (Å²) in [6.45, 7) is 0. The largest absolute Gasteiger partial charge is 0.497 e. The Labute approximate surface area is 115 Å². The molecule has 0 saturated carbocycles. The van der Waals surface area contributed by atoms with E-state index in [4.69, 9.17) is 33.7 Å². The zero-order chi connectivity index (χ0) is 13.1. The molecule has 2 aromatic rings. The molecule has 0 spiro atoms. The molecular formula is C13H12Cl2N2O. The fraction of sp³-hybridized carbons (Fsp3) is 0.0769. The first-order valence-electron chi connectivity index (χ1n) is 5.26. The van der Waals surface area contributed by atoms with Crippen LogP contribution in [0, 0.1) is 0 Å². The summed E-state index contributed by atoms with van der Waals surface area (Å²) in [5.74, 6) is 0.787. The lowest BCUT2D eigenvalue weighted by atomic mass is 10.2. The van der Waals surface area contributed by atoms with Crippen LogP contribution >= 0.6 is 23.2 Å². The Hall–Kier alpha value is -1.58.